The number of amides is 2. The van der Waals surface area contributed by atoms with Gasteiger partial charge in [-0.25, -0.2) is 13.2 Å². The zero-order valence-corrected chi connectivity index (χ0v) is 16.0. The van der Waals surface area contributed by atoms with Crippen molar-refractivity contribution in [3.05, 3.63) is 41.6 Å². The smallest absolute Gasteiger partial charge is 0.355 e. The number of sulfone groups is 1. The molecule has 8 nitrogen and oxygen atoms in total. The lowest BCUT2D eigenvalue weighted by atomic mass is 10.0. The molecular formula is C18H22N2O6S. The van der Waals surface area contributed by atoms with Gasteiger partial charge in [0.1, 0.15) is 5.70 Å². The van der Waals surface area contributed by atoms with Gasteiger partial charge in [0.2, 0.25) is 5.91 Å². The quantitative estimate of drug-likeness (QED) is 0.533. The zero-order chi connectivity index (χ0) is 20.1. The van der Waals surface area contributed by atoms with E-state index < -0.39 is 39.8 Å². The Balaban J connectivity index is 1.98. The Morgan fingerprint density at radius 3 is 2.44 bits per heavy atom. The highest BCUT2D eigenvalue weighted by Crippen LogP contribution is 2.22. The van der Waals surface area contributed by atoms with Crippen molar-refractivity contribution in [3.8, 4) is 0 Å². The van der Waals surface area contributed by atoms with Crippen molar-refractivity contribution in [1.29, 1.82) is 0 Å². The van der Waals surface area contributed by atoms with Gasteiger partial charge >= 0.3 is 5.97 Å². The van der Waals surface area contributed by atoms with E-state index in [2.05, 4.69) is 10.6 Å². The van der Waals surface area contributed by atoms with Gasteiger partial charge in [0.25, 0.3) is 5.91 Å². The molecule has 0 radical (unpaired) electrons. The Morgan fingerprint density at radius 2 is 1.89 bits per heavy atom. The first-order chi connectivity index (χ1) is 12.6. The van der Waals surface area contributed by atoms with E-state index in [4.69, 9.17) is 4.74 Å². The fourth-order valence-corrected chi connectivity index (χ4v) is 4.84. The highest BCUT2D eigenvalue weighted by molar-refractivity contribution is 7.91. The van der Waals surface area contributed by atoms with Crippen LogP contribution in [0.5, 0.6) is 0 Å². The predicted octanol–water partition coefficient (Wildman–Crippen LogP) is 0.400. The number of nitrogens with one attached hydrogen (secondary N) is 2. The Bertz CT molecular complexity index is 863. The summed E-state index contributed by atoms with van der Waals surface area (Å²) in [5.41, 5.74) is -0.301. The lowest BCUT2D eigenvalue weighted by Crippen LogP contribution is -2.48. The molecule has 1 aliphatic rings. The minimum atomic E-state index is -3.17. The van der Waals surface area contributed by atoms with E-state index in [9.17, 15) is 22.8 Å². The fourth-order valence-electron chi connectivity index (χ4n) is 2.74. The Morgan fingerprint density at radius 1 is 1.22 bits per heavy atom. The van der Waals surface area contributed by atoms with Gasteiger partial charge in [-0.2, -0.15) is 0 Å². The number of hydrogen-bond donors (Lipinski definition) is 2. The average molecular weight is 394 g/mol. The molecule has 1 aromatic rings. The third kappa shape index (κ3) is 6.52. The second-order valence-electron chi connectivity index (χ2n) is 6.68. The van der Waals surface area contributed by atoms with Crippen molar-refractivity contribution < 1.29 is 27.5 Å². The van der Waals surface area contributed by atoms with Gasteiger partial charge in [-0.15, -0.1) is 0 Å². The van der Waals surface area contributed by atoms with Crippen LogP contribution in [0.1, 0.15) is 25.8 Å². The highest BCUT2D eigenvalue weighted by Gasteiger charge is 2.39. The molecular weight excluding hydrogens is 372 g/mol. The molecule has 0 unspecified atom stereocenters. The second-order valence-corrected chi connectivity index (χ2v) is 8.86. The molecule has 1 aromatic carbocycles. The molecule has 0 spiro atoms. The van der Waals surface area contributed by atoms with Crippen molar-refractivity contribution in [1.82, 2.24) is 10.6 Å². The van der Waals surface area contributed by atoms with Gasteiger partial charge in [0, 0.05) is 6.92 Å². The molecule has 1 fully saturated rings. The zero-order valence-electron chi connectivity index (χ0n) is 15.2. The monoisotopic (exact) mass is 394 g/mol. The number of ether oxygens (including phenoxy) is 1. The van der Waals surface area contributed by atoms with Gasteiger partial charge in [-0.3, -0.25) is 9.59 Å². The molecule has 9 heteroatoms. The molecule has 27 heavy (non-hydrogen) atoms. The van der Waals surface area contributed by atoms with Crippen LogP contribution in [-0.4, -0.2) is 49.9 Å². The first kappa shape index (κ1) is 20.6. The Labute approximate surface area is 157 Å². The third-order valence-electron chi connectivity index (χ3n) is 3.92. The summed E-state index contributed by atoms with van der Waals surface area (Å²) in [6.07, 6.45) is 1.74. The highest BCUT2D eigenvalue weighted by atomic mass is 32.2. The molecule has 1 aliphatic heterocycles. The van der Waals surface area contributed by atoms with Crippen molar-refractivity contribution in [3.63, 3.8) is 0 Å². The maximum Gasteiger partial charge on any atom is 0.355 e. The molecule has 1 heterocycles. The predicted molar refractivity (Wildman–Crippen MR) is 99.0 cm³/mol. The first-order valence-electron chi connectivity index (χ1n) is 8.31. The van der Waals surface area contributed by atoms with E-state index in [1.165, 1.54) is 13.0 Å². The van der Waals surface area contributed by atoms with Crippen molar-refractivity contribution in [2.24, 2.45) is 0 Å². The van der Waals surface area contributed by atoms with E-state index in [-0.39, 0.29) is 17.2 Å². The van der Waals surface area contributed by atoms with Crippen molar-refractivity contribution in [2.75, 3.05) is 18.1 Å². The number of esters is 1. The second kappa shape index (κ2) is 8.34. The largest absolute Gasteiger partial charge is 0.451 e. The fraction of sp³-hybridized carbons (Fsp3) is 0.389. The topological polar surface area (TPSA) is 119 Å². The molecule has 2 amide bonds. The molecule has 0 saturated carbocycles. The molecule has 0 aromatic heterocycles. The lowest BCUT2D eigenvalue weighted by Gasteiger charge is -2.23. The summed E-state index contributed by atoms with van der Waals surface area (Å²) in [4.78, 5) is 35.6. The first-order valence-corrected chi connectivity index (χ1v) is 10.1. The maximum absolute atomic E-state index is 12.2. The van der Waals surface area contributed by atoms with Crippen LogP contribution in [-0.2, 0) is 29.0 Å². The lowest BCUT2D eigenvalue weighted by molar-refractivity contribution is -0.146. The van der Waals surface area contributed by atoms with E-state index in [1.54, 1.807) is 31.2 Å². The van der Waals surface area contributed by atoms with E-state index in [0.717, 1.165) is 0 Å². The number of carbonyl (C=O) groups excluding carboxylic acids is 3. The minimum absolute atomic E-state index is 0.00998. The van der Waals surface area contributed by atoms with Crippen LogP contribution in [0.4, 0.5) is 0 Å². The van der Waals surface area contributed by atoms with Crippen molar-refractivity contribution in [2.45, 2.75) is 25.8 Å². The van der Waals surface area contributed by atoms with Crippen LogP contribution in [0.2, 0.25) is 0 Å². The molecule has 0 bridgehead atoms. The summed E-state index contributed by atoms with van der Waals surface area (Å²) >= 11 is 0. The van der Waals surface area contributed by atoms with Crippen LogP contribution >= 0.6 is 0 Å². The summed E-state index contributed by atoms with van der Waals surface area (Å²) in [6.45, 7) is 2.30. The third-order valence-corrected chi connectivity index (χ3v) is 5.82. The van der Waals surface area contributed by atoms with Gasteiger partial charge in [-0.05, 0) is 25.0 Å². The number of benzene rings is 1. The van der Waals surface area contributed by atoms with Gasteiger partial charge < -0.3 is 15.4 Å². The van der Waals surface area contributed by atoms with E-state index in [1.807, 2.05) is 6.07 Å². The number of rotatable bonds is 6. The standard InChI is InChI=1S/C18H22N2O6S/c1-13(21)19-15(10-14-6-4-3-5-7-14)17(23)26-11-16(22)20-18(2)8-9-27(24,25)12-18/h3-7,10H,8-9,11-12H2,1-2H3,(H,19,21)(H,20,22)/b15-10-/t18-/m0/s1. The summed E-state index contributed by atoms with van der Waals surface area (Å²) < 4.78 is 28.1. The Hall–Kier alpha value is -2.68. The Kier molecular flexibility index (Phi) is 6.37. The maximum atomic E-state index is 12.2. The molecule has 146 valence electrons. The van der Waals surface area contributed by atoms with Gasteiger partial charge in [0.15, 0.2) is 16.4 Å². The van der Waals surface area contributed by atoms with Crippen LogP contribution in [0, 0.1) is 0 Å². The molecule has 2 rings (SSSR count). The average Bonchev–Trinajstić information content (AvgIpc) is 2.85. The van der Waals surface area contributed by atoms with Gasteiger partial charge in [-0.1, -0.05) is 30.3 Å². The van der Waals surface area contributed by atoms with Crippen LogP contribution < -0.4 is 10.6 Å². The SMILES string of the molecule is CC(=O)N/C(=C\c1ccccc1)C(=O)OCC(=O)N[C@@]1(C)CCS(=O)(=O)C1. The summed E-state index contributed by atoms with van der Waals surface area (Å²) in [5.74, 6) is -2.07. The summed E-state index contributed by atoms with van der Waals surface area (Å²) in [7, 11) is -3.17. The molecule has 1 saturated heterocycles. The van der Waals surface area contributed by atoms with E-state index >= 15 is 0 Å². The summed E-state index contributed by atoms with van der Waals surface area (Å²) in [6, 6.07) is 8.83. The summed E-state index contributed by atoms with van der Waals surface area (Å²) in [5, 5.41) is 4.97. The van der Waals surface area contributed by atoms with Crippen LogP contribution in [0.15, 0.2) is 36.0 Å². The molecule has 0 aliphatic carbocycles. The van der Waals surface area contributed by atoms with E-state index in [0.29, 0.717) is 12.0 Å². The van der Waals surface area contributed by atoms with Crippen LogP contribution in [0.25, 0.3) is 6.08 Å². The van der Waals surface area contributed by atoms with Crippen LogP contribution in [0.3, 0.4) is 0 Å². The number of carbonyl (C=O) groups is 3. The molecule has 1 atom stereocenters. The number of hydrogen-bond acceptors (Lipinski definition) is 6. The van der Waals surface area contributed by atoms with Gasteiger partial charge in [0.05, 0.1) is 17.0 Å². The minimum Gasteiger partial charge on any atom is -0.451 e. The molecule has 2 N–H and O–H groups in total. The van der Waals surface area contributed by atoms with Crippen molar-refractivity contribution >= 4 is 33.7 Å². The normalized spacial score (nSPS) is 21.3.